The van der Waals surface area contributed by atoms with Crippen molar-refractivity contribution >= 4 is 29.7 Å². The van der Waals surface area contributed by atoms with E-state index in [1.54, 1.807) is 13.8 Å². The topological polar surface area (TPSA) is 98.7 Å². The van der Waals surface area contributed by atoms with Gasteiger partial charge in [-0.05, 0) is 20.3 Å². The zero-order chi connectivity index (χ0) is 15.8. The Balaban J connectivity index is 1.97. The maximum Gasteiger partial charge on any atom is 0.327 e. The van der Waals surface area contributed by atoms with E-state index in [4.69, 9.17) is 0 Å². The molecular formula is C13H21N3O4S. The van der Waals surface area contributed by atoms with Crippen molar-refractivity contribution in [1.29, 1.82) is 0 Å². The largest absolute Gasteiger partial charge is 0.480 e. The van der Waals surface area contributed by atoms with Crippen molar-refractivity contribution in [3.8, 4) is 0 Å². The molecule has 2 saturated heterocycles. The molecule has 0 bridgehead atoms. The van der Waals surface area contributed by atoms with Crippen LogP contribution in [-0.4, -0.2) is 56.7 Å². The first-order valence-electron chi connectivity index (χ1n) is 7.06. The predicted octanol–water partition coefficient (Wildman–Crippen LogP) is 0.601. The smallest absolute Gasteiger partial charge is 0.327 e. The third kappa shape index (κ3) is 2.81. The lowest BCUT2D eigenvalue weighted by atomic mass is 9.96. The Labute approximate surface area is 127 Å². The summed E-state index contributed by atoms with van der Waals surface area (Å²) >= 11 is 1.42. The van der Waals surface area contributed by atoms with Crippen molar-refractivity contribution in [2.45, 2.75) is 55.8 Å². The number of β-lactam (4-membered cyclic amide) rings is 1. The van der Waals surface area contributed by atoms with Crippen LogP contribution in [0, 0.1) is 0 Å². The molecule has 0 aromatic carbocycles. The number of carboxylic acid groups (broad SMARTS) is 1. The van der Waals surface area contributed by atoms with Crippen molar-refractivity contribution in [2.75, 3.05) is 6.54 Å². The molecular weight excluding hydrogens is 294 g/mol. The Kier molecular flexibility index (Phi) is 4.36. The highest BCUT2D eigenvalue weighted by molar-refractivity contribution is 8.01. The van der Waals surface area contributed by atoms with Crippen LogP contribution < -0.4 is 10.6 Å². The SMILES string of the molecule is CCCCNC(=O)N[C@@H]1C(=O)N2[C@H]1SC(C)(C)[C@H]2C(=O)O. The van der Waals surface area contributed by atoms with Crippen LogP contribution in [0.4, 0.5) is 4.79 Å². The molecule has 118 valence electrons. The Bertz CT molecular complexity index is 468. The zero-order valence-electron chi connectivity index (χ0n) is 12.4. The molecule has 2 aliphatic rings. The van der Waals surface area contributed by atoms with Crippen molar-refractivity contribution in [2.24, 2.45) is 0 Å². The Hall–Kier alpha value is -1.44. The first kappa shape index (κ1) is 15.9. The molecule has 0 saturated carbocycles. The Morgan fingerprint density at radius 1 is 1.43 bits per heavy atom. The van der Waals surface area contributed by atoms with Gasteiger partial charge in [0.15, 0.2) is 0 Å². The van der Waals surface area contributed by atoms with E-state index in [1.807, 2.05) is 6.92 Å². The minimum Gasteiger partial charge on any atom is -0.480 e. The van der Waals surface area contributed by atoms with Gasteiger partial charge in [-0.1, -0.05) is 13.3 Å². The number of rotatable bonds is 5. The molecule has 21 heavy (non-hydrogen) atoms. The minimum absolute atomic E-state index is 0.300. The quantitative estimate of drug-likeness (QED) is 0.510. The normalized spacial score (nSPS) is 29.6. The fourth-order valence-corrected chi connectivity index (χ4v) is 4.34. The van der Waals surface area contributed by atoms with Gasteiger partial charge in [0.2, 0.25) is 5.91 Å². The molecule has 2 fully saturated rings. The molecule has 0 aromatic rings. The summed E-state index contributed by atoms with van der Waals surface area (Å²) in [5.41, 5.74) is 0. The van der Waals surface area contributed by atoms with Crippen LogP contribution >= 0.6 is 11.8 Å². The van der Waals surface area contributed by atoms with Gasteiger partial charge in [-0.2, -0.15) is 0 Å². The number of hydrogen-bond donors (Lipinski definition) is 3. The number of thioether (sulfide) groups is 1. The number of nitrogens with zero attached hydrogens (tertiary/aromatic N) is 1. The van der Waals surface area contributed by atoms with Gasteiger partial charge in [-0.3, -0.25) is 4.79 Å². The Morgan fingerprint density at radius 2 is 2.10 bits per heavy atom. The Morgan fingerprint density at radius 3 is 2.67 bits per heavy atom. The molecule has 2 heterocycles. The summed E-state index contributed by atoms with van der Waals surface area (Å²) < 4.78 is -0.568. The molecule has 7 nitrogen and oxygen atoms in total. The average molecular weight is 315 g/mol. The molecule has 0 aliphatic carbocycles. The molecule has 0 spiro atoms. The van der Waals surface area contributed by atoms with Crippen molar-refractivity contribution in [3.05, 3.63) is 0 Å². The van der Waals surface area contributed by atoms with Crippen LogP contribution in [0.3, 0.4) is 0 Å². The van der Waals surface area contributed by atoms with Gasteiger partial charge >= 0.3 is 12.0 Å². The maximum absolute atomic E-state index is 12.1. The number of unbranched alkanes of at least 4 members (excludes halogenated alkanes) is 1. The number of aliphatic carboxylic acids is 1. The number of amides is 3. The van der Waals surface area contributed by atoms with E-state index in [-0.39, 0.29) is 17.3 Å². The molecule has 8 heteroatoms. The van der Waals surface area contributed by atoms with Gasteiger partial charge < -0.3 is 20.6 Å². The molecule has 3 N–H and O–H groups in total. The molecule has 0 aromatic heterocycles. The number of fused-ring (bicyclic) bond motifs is 1. The fraction of sp³-hybridized carbons (Fsp3) is 0.769. The summed E-state index contributed by atoms with van der Waals surface area (Å²) in [4.78, 5) is 36.5. The summed E-state index contributed by atoms with van der Waals surface area (Å²) in [5.74, 6) is -1.33. The first-order valence-corrected chi connectivity index (χ1v) is 7.94. The molecule has 0 radical (unpaired) electrons. The van der Waals surface area contributed by atoms with Gasteiger partial charge in [-0.15, -0.1) is 11.8 Å². The van der Waals surface area contributed by atoms with E-state index in [0.29, 0.717) is 6.54 Å². The second-order valence-electron chi connectivity index (χ2n) is 5.83. The van der Waals surface area contributed by atoms with Crippen molar-refractivity contribution in [3.63, 3.8) is 0 Å². The molecule has 0 unspecified atom stereocenters. The second kappa shape index (κ2) is 5.75. The minimum atomic E-state index is -1.01. The van der Waals surface area contributed by atoms with Gasteiger partial charge in [0.05, 0.1) is 0 Å². The number of urea groups is 1. The predicted molar refractivity (Wildman–Crippen MR) is 79.0 cm³/mol. The van der Waals surface area contributed by atoms with E-state index in [9.17, 15) is 19.5 Å². The lowest BCUT2D eigenvalue weighted by Crippen LogP contribution is -2.71. The van der Waals surface area contributed by atoms with Crippen molar-refractivity contribution in [1.82, 2.24) is 15.5 Å². The maximum atomic E-state index is 12.1. The highest BCUT2D eigenvalue weighted by atomic mass is 32.2. The van der Waals surface area contributed by atoms with E-state index in [1.165, 1.54) is 16.7 Å². The lowest BCUT2D eigenvalue weighted by molar-refractivity contribution is -0.159. The number of hydrogen-bond acceptors (Lipinski definition) is 4. The van der Waals surface area contributed by atoms with Gasteiger partial charge in [0.1, 0.15) is 17.5 Å². The third-order valence-corrected chi connectivity index (χ3v) is 5.35. The van der Waals surface area contributed by atoms with Gasteiger partial charge in [-0.25, -0.2) is 9.59 Å². The number of nitrogens with one attached hydrogen (secondary N) is 2. The second-order valence-corrected chi connectivity index (χ2v) is 7.60. The van der Waals surface area contributed by atoms with E-state index >= 15 is 0 Å². The molecule has 3 atom stereocenters. The number of carboxylic acids is 1. The lowest BCUT2D eigenvalue weighted by Gasteiger charge is -2.43. The van der Waals surface area contributed by atoms with Crippen LogP contribution in [0.15, 0.2) is 0 Å². The van der Waals surface area contributed by atoms with Crippen molar-refractivity contribution < 1.29 is 19.5 Å². The molecule has 2 rings (SSSR count). The van der Waals surface area contributed by atoms with Crippen LogP contribution in [0.2, 0.25) is 0 Å². The van der Waals surface area contributed by atoms with Crippen LogP contribution in [0.1, 0.15) is 33.6 Å². The first-order chi connectivity index (χ1) is 9.79. The monoisotopic (exact) mass is 315 g/mol. The van der Waals surface area contributed by atoms with E-state index in [2.05, 4.69) is 10.6 Å². The van der Waals surface area contributed by atoms with Crippen LogP contribution in [0.25, 0.3) is 0 Å². The summed E-state index contributed by atoms with van der Waals surface area (Å²) in [6.45, 7) is 6.20. The zero-order valence-corrected chi connectivity index (χ0v) is 13.2. The summed E-state index contributed by atoms with van der Waals surface area (Å²) in [7, 11) is 0. The van der Waals surface area contributed by atoms with E-state index in [0.717, 1.165) is 12.8 Å². The van der Waals surface area contributed by atoms with Crippen LogP contribution in [0.5, 0.6) is 0 Å². The highest BCUT2D eigenvalue weighted by Crippen LogP contribution is 2.50. The standard InChI is InChI=1S/C13H21N3O4S/c1-4-5-6-14-12(20)15-7-9(17)16-8(11(18)19)13(2,3)21-10(7)16/h7-8,10H,4-6H2,1-3H3,(H,18,19)(H2,14,15,20)/t7-,8-,10+/m1/s1. The number of carbonyl (C=O) groups excluding carboxylic acids is 2. The highest BCUT2D eigenvalue weighted by Gasteiger charge is 2.64. The number of carbonyl (C=O) groups is 3. The summed E-state index contributed by atoms with van der Waals surface area (Å²) in [6, 6.07) is -1.86. The van der Waals surface area contributed by atoms with E-state index < -0.39 is 22.8 Å². The summed E-state index contributed by atoms with van der Waals surface area (Å²) in [5, 5.41) is 14.3. The third-order valence-electron chi connectivity index (χ3n) is 3.78. The van der Waals surface area contributed by atoms with Gasteiger partial charge in [0.25, 0.3) is 0 Å². The summed E-state index contributed by atoms with van der Waals surface area (Å²) in [6.07, 6.45) is 1.85. The van der Waals surface area contributed by atoms with Gasteiger partial charge in [0, 0.05) is 11.3 Å². The average Bonchev–Trinajstić information content (AvgIpc) is 2.65. The van der Waals surface area contributed by atoms with Crippen LogP contribution in [-0.2, 0) is 9.59 Å². The molecule has 2 aliphatic heterocycles. The fourth-order valence-electron chi connectivity index (χ4n) is 2.72. The molecule has 3 amide bonds.